The number of hydrogen-bond acceptors (Lipinski definition) is 5. The van der Waals surface area contributed by atoms with Gasteiger partial charge in [0, 0.05) is 12.6 Å². The molecule has 2 atom stereocenters. The molecule has 0 aliphatic heterocycles. The number of ether oxygens (including phenoxy) is 1. The maximum absolute atomic E-state index is 14.0. The molecule has 3 aromatic rings. The van der Waals surface area contributed by atoms with Crippen molar-refractivity contribution in [3.05, 3.63) is 90.0 Å². The SMILES string of the molecule is CCOc1ccccc1N(CC(=O)N(CCc1ccccc1)[C@@H](C)C(=O)N[C@H](C)CC)S(=O)(=O)c1ccc(C)cc1. The largest absolute Gasteiger partial charge is 0.492 e. The molecule has 3 rings (SSSR count). The molecule has 2 amide bonds. The summed E-state index contributed by atoms with van der Waals surface area (Å²) in [4.78, 5) is 28.7. The minimum atomic E-state index is -4.17. The average Bonchev–Trinajstić information content (AvgIpc) is 2.97. The molecular weight excluding hydrogens is 538 g/mol. The fraction of sp³-hybridized carbons (Fsp3) is 0.375. The number of amides is 2. The Hall–Kier alpha value is -3.85. The Bertz CT molecular complexity index is 1390. The number of rotatable bonds is 14. The Morgan fingerprint density at radius 3 is 2.17 bits per heavy atom. The first kappa shape index (κ1) is 31.7. The lowest BCUT2D eigenvalue weighted by Gasteiger charge is -2.33. The number of nitrogens with zero attached hydrogens (tertiary/aromatic N) is 2. The van der Waals surface area contributed by atoms with Gasteiger partial charge in [-0.3, -0.25) is 13.9 Å². The number of aryl methyl sites for hydroxylation is 1. The Morgan fingerprint density at radius 1 is 0.902 bits per heavy atom. The quantitative estimate of drug-likeness (QED) is 0.291. The summed E-state index contributed by atoms with van der Waals surface area (Å²) in [5.74, 6) is -0.435. The molecule has 0 radical (unpaired) electrons. The van der Waals surface area contributed by atoms with E-state index in [0.29, 0.717) is 18.8 Å². The van der Waals surface area contributed by atoms with Crippen LogP contribution < -0.4 is 14.4 Å². The molecule has 41 heavy (non-hydrogen) atoms. The third kappa shape index (κ3) is 8.33. The number of para-hydroxylation sites is 2. The second kappa shape index (κ2) is 14.7. The molecule has 0 spiro atoms. The zero-order valence-electron chi connectivity index (χ0n) is 24.5. The summed E-state index contributed by atoms with van der Waals surface area (Å²) in [6.45, 7) is 9.29. The molecule has 8 nitrogen and oxygen atoms in total. The molecule has 0 fully saturated rings. The summed E-state index contributed by atoms with van der Waals surface area (Å²) in [6, 6.07) is 22.0. The van der Waals surface area contributed by atoms with E-state index in [0.717, 1.165) is 21.9 Å². The van der Waals surface area contributed by atoms with E-state index in [2.05, 4.69) is 5.32 Å². The topological polar surface area (TPSA) is 96.0 Å². The molecule has 0 heterocycles. The van der Waals surface area contributed by atoms with Gasteiger partial charge in [0.15, 0.2) is 0 Å². The molecule has 220 valence electrons. The second-order valence-electron chi connectivity index (χ2n) is 10.0. The van der Waals surface area contributed by atoms with Crippen molar-refractivity contribution < 1.29 is 22.7 Å². The van der Waals surface area contributed by atoms with Gasteiger partial charge in [0.25, 0.3) is 10.0 Å². The van der Waals surface area contributed by atoms with Crippen LogP contribution in [0.1, 0.15) is 45.2 Å². The summed E-state index contributed by atoms with van der Waals surface area (Å²) in [6.07, 6.45) is 1.25. The summed E-state index contributed by atoms with van der Waals surface area (Å²) < 4.78 is 34.9. The third-order valence-electron chi connectivity index (χ3n) is 6.97. The maximum atomic E-state index is 14.0. The number of nitrogens with one attached hydrogen (secondary N) is 1. The first-order chi connectivity index (χ1) is 19.6. The van der Waals surface area contributed by atoms with Crippen LogP contribution in [0.2, 0.25) is 0 Å². The highest BCUT2D eigenvalue weighted by molar-refractivity contribution is 7.92. The fourth-order valence-corrected chi connectivity index (χ4v) is 5.75. The lowest BCUT2D eigenvalue weighted by atomic mass is 10.1. The average molecular weight is 580 g/mol. The Kier molecular flexibility index (Phi) is 11.3. The lowest BCUT2D eigenvalue weighted by Crippen LogP contribution is -2.53. The van der Waals surface area contributed by atoms with Gasteiger partial charge in [0.2, 0.25) is 11.8 Å². The minimum Gasteiger partial charge on any atom is -0.492 e. The Balaban J connectivity index is 2.02. The van der Waals surface area contributed by atoms with Gasteiger partial charge >= 0.3 is 0 Å². The molecule has 0 aromatic heterocycles. The van der Waals surface area contributed by atoms with Crippen LogP contribution in [-0.2, 0) is 26.0 Å². The lowest BCUT2D eigenvalue weighted by molar-refractivity contribution is -0.139. The number of carbonyl (C=O) groups is 2. The van der Waals surface area contributed by atoms with Crippen molar-refractivity contribution in [2.45, 2.75) is 64.4 Å². The van der Waals surface area contributed by atoms with Crippen LogP contribution in [0, 0.1) is 6.92 Å². The summed E-state index contributed by atoms with van der Waals surface area (Å²) in [5.41, 5.74) is 2.17. The van der Waals surface area contributed by atoms with E-state index >= 15 is 0 Å². The van der Waals surface area contributed by atoms with Crippen molar-refractivity contribution in [1.29, 1.82) is 0 Å². The predicted molar refractivity (Wildman–Crippen MR) is 163 cm³/mol. The monoisotopic (exact) mass is 579 g/mol. The van der Waals surface area contributed by atoms with Gasteiger partial charge in [0.05, 0.1) is 17.2 Å². The normalized spacial score (nSPS) is 12.7. The first-order valence-corrected chi connectivity index (χ1v) is 15.5. The highest BCUT2D eigenvalue weighted by atomic mass is 32.2. The van der Waals surface area contributed by atoms with E-state index in [1.54, 1.807) is 43.3 Å². The Morgan fingerprint density at radius 2 is 1.54 bits per heavy atom. The van der Waals surface area contributed by atoms with Gasteiger partial charge in [-0.2, -0.15) is 0 Å². The fourth-order valence-electron chi connectivity index (χ4n) is 4.33. The van der Waals surface area contributed by atoms with Gasteiger partial charge in [-0.05, 0) is 70.4 Å². The van der Waals surface area contributed by atoms with Gasteiger partial charge in [-0.15, -0.1) is 0 Å². The molecule has 0 unspecified atom stereocenters. The first-order valence-electron chi connectivity index (χ1n) is 14.0. The van der Waals surface area contributed by atoms with Crippen LogP contribution in [0.4, 0.5) is 5.69 Å². The minimum absolute atomic E-state index is 0.0561. The van der Waals surface area contributed by atoms with E-state index in [9.17, 15) is 18.0 Å². The van der Waals surface area contributed by atoms with Crippen LogP contribution >= 0.6 is 0 Å². The van der Waals surface area contributed by atoms with Gasteiger partial charge < -0.3 is 15.0 Å². The summed E-state index contributed by atoms with van der Waals surface area (Å²) in [7, 11) is -4.17. The summed E-state index contributed by atoms with van der Waals surface area (Å²) in [5, 5.41) is 2.95. The zero-order chi connectivity index (χ0) is 30.0. The third-order valence-corrected chi connectivity index (χ3v) is 8.75. The molecule has 3 aromatic carbocycles. The van der Waals surface area contributed by atoms with Crippen LogP contribution in [0.3, 0.4) is 0 Å². The number of carbonyl (C=O) groups excluding carboxylic acids is 2. The van der Waals surface area contributed by atoms with Gasteiger partial charge in [-0.25, -0.2) is 8.42 Å². The van der Waals surface area contributed by atoms with Crippen LogP contribution in [0.15, 0.2) is 83.8 Å². The maximum Gasteiger partial charge on any atom is 0.264 e. The highest BCUT2D eigenvalue weighted by Crippen LogP contribution is 2.33. The van der Waals surface area contributed by atoms with Crippen LogP contribution in [0.5, 0.6) is 5.75 Å². The van der Waals surface area contributed by atoms with Crippen LogP contribution in [0.25, 0.3) is 0 Å². The molecule has 9 heteroatoms. The molecule has 0 aliphatic rings. The number of anilines is 1. The number of benzene rings is 3. The van der Waals surface area contributed by atoms with E-state index in [1.807, 2.05) is 58.0 Å². The van der Waals surface area contributed by atoms with Gasteiger partial charge in [0.1, 0.15) is 18.3 Å². The number of hydrogen-bond donors (Lipinski definition) is 1. The molecule has 1 N–H and O–H groups in total. The predicted octanol–water partition coefficient (Wildman–Crippen LogP) is 4.96. The van der Waals surface area contributed by atoms with Gasteiger partial charge in [-0.1, -0.05) is 67.1 Å². The number of sulfonamides is 1. The molecular formula is C32H41N3O5S. The standard InChI is InChI=1S/C32H41N3O5S/c1-6-25(4)33-32(37)26(5)34(22-21-27-13-9-8-10-14-27)31(36)23-35(29-15-11-12-16-30(29)40-7-2)41(38,39)28-19-17-24(3)18-20-28/h8-20,25-26H,6-7,21-23H2,1-5H3,(H,33,37)/t25-,26+/m1/s1. The second-order valence-corrected chi connectivity index (χ2v) is 11.9. The van der Waals surface area contributed by atoms with E-state index < -0.39 is 28.5 Å². The van der Waals surface area contributed by atoms with Crippen molar-refractivity contribution in [3.8, 4) is 5.75 Å². The van der Waals surface area contributed by atoms with Crippen molar-refractivity contribution in [3.63, 3.8) is 0 Å². The van der Waals surface area contributed by atoms with Crippen molar-refractivity contribution in [2.75, 3.05) is 24.0 Å². The smallest absolute Gasteiger partial charge is 0.264 e. The van der Waals surface area contributed by atoms with E-state index in [-0.39, 0.29) is 29.1 Å². The van der Waals surface area contributed by atoms with Crippen molar-refractivity contribution in [2.24, 2.45) is 0 Å². The zero-order valence-corrected chi connectivity index (χ0v) is 25.4. The molecule has 0 bridgehead atoms. The van der Waals surface area contributed by atoms with Crippen molar-refractivity contribution >= 4 is 27.5 Å². The highest BCUT2D eigenvalue weighted by Gasteiger charge is 2.33. The van der Waals surface area contributed by atoms with Crippen molar-refractivity contribution in [1.82, 2.24) is 10.2 Å². The molecule has 0 saturated carbocycles. The van der Waals surface area contributed by atoms with E-state index in [1.165, 1.54) is 17.0 Å². The Labute approximate surface area is 244 Å². The summed E-state index contributed by atoms with van der Waals surface area (Å²) >= 11 is 0. The molecule has 0 saturated heterocycles. The van der Waals surface area contributed by atoms with Crippen LogP contribution in [-0.4, -0.2) is 56.9 Å². The van der Waals surface area contributed by atoms with E-state index in [4.69, 9.17) is 4.74 Å². The molecule has 0 aliphatic carbocycles.